The number of rotatable bonds is 4. The third-order valence-corrected chi connectivity index (χ3v) is 4.01. The summed E-state index contributed by atoms with van der Waals surface area (Å²) < 4.78 is 26.8. The van der Waals surface area contributed by atoms with Crippen LogP contribution >= 0.6 is 0 Å². The lowest BCUT2D eigenvalue weighted by atomic mass is 10.0. The number of likely N-dealkylation sites (tertiary alicyclic amines) is 1. The van der Waals surface area contributed by atoms with E-state index in [-0.39, 0.29) is 23.7 Å². The molecule has 25 heavy (non-hydrogen) atoms. The number of aromatic nitrogens is 2. The molecule has 1 atom stereocenters. The average Bonchev–Trinajstić information content (AvgIpc) is 2.61. The summed E-state index contributed by atoms with van der Waals surface area (Å²) in [5.41, 5.74) is 0.354. The number of piperidine rings is 1. The van der Waals surface area contributed by atoms with Crippen LogP contribution in [0, 0.1) is 11.6 Å². The van der Waals surface area contributed by atoms with E-state index in [1.54, 1.807) is 0 Å². The third-order valence-electron chi connectivity index (χ3n) is 4.01. The molecule has 1 aliphatic heterocycles. The van der Waals surface area contributed by atoms with Crippen molar-refractivity contribution >= 4 is 11.8 Å². The zero-order valence-corrected chi connectivity index (χ0v) is 13.3. The van der Waals surface area contributed by atoms with Crippen LogP contribution in [0.2, 0.25) is 0 Å². The van der Waals surface area contributed by atoms with Crippen molar-refractivity contribution in [3.8, 4) is 0 Å². The first-order valence-electron chi connectivity index (χ1n) is 7.84. The molecule has 1 N–H and O–H groups in total. The molecule has 1 saturated heterocycles. The SMILES string of the molecule is O=C(NC1CCCN(Cc2ccc(F)cc2F)C1=O)c1cnccn1. The molecule has 0 spiro atoms. The summed E-state index contributed by atoms with van der Waals surface area (Å²) >= 11 is 0. The lowest BCUT2D eigenvalue weighted by Crippen LogP contribution is -2.52. The Morgan fingerprint density at radius 3 is 2.88 bits per heavy atom. The summed E-state index contributed by atoms with van der Waals surface area (Å²) in [5, 5.41) is 2.64. The molecule has 3 rings (SSSR count). The Hall–Kier alpha value is -2.90. The Morgan fingerprint density at radius 1 is 1.32 bits per heavy atom. The maximum absolute atomic E-state index is 13.8. The van der Waals surface area contributed by atoms with Crippen LogP contribution in [0.4, 0.5) is 8.78 Å². The van der Waals surface area contributed by atoms with Gasteiger partial charge < -0.3 is 10.2 Å². The number of hydrogen-bond donors (Lipinski definition) is 1. The van der Waals surface area contributed by atoms with Gasteiger partial charge >= 0.3 is 0 Å². The van der Waals surface area contributed by atoms with Crippen molar-refractivity contribution in [3.63, 3.8) is 0 Å². The third kappa shape index (κ3) is 3.96. The highest BCUT2D eigenvalue weighted by molar-refractivity contribution is 5.96. The molecule has 6 nitrogen and oxygen atoms in total. The van der Waals surface area contributed by atoms with Crippen LogP contribution in [0.3, 0.4) is 0 Å². The van der Waals surface area contributed by atoms with Crippen LogP contribution in [0.1, 0.15) is 28.9 Å². The largest absolute Gasteiger partial charge is 0.339 e. The topological polar surface area (TPSA) is 75.2 Å². The van der Waals surface area contributed by atoms with Crippen LogP contribution in [0.15, 0.2) is 36.8 Å². The smallest absolute Gasteiger partial charge is 0.272 e. The van der Waals surface area contributed by atoms with Crippen molar-refractivity contribution in [1.29, 1.82) is 0 Å². The molecular formula is C17H16F2N4O2. The monoisotopic (exact) mass is 346 g/mol. The van der Waals surface area contributed by atoms with Gasteiger partial charge in [-0.2, -0.15) is 0 Å². The lowest BCUT2D eigenvalue weighted by molar-refractivity contribution is -0.136. The predicted molar refractivity (Wildman–Crippen MR) is 84.3 cm³/mol. The second-order valence-corrected chi connectivity index (χ2v) is 5.75. The molecule has 130 valence electrons. The molecule has 0 aliphatic carbocycles. The van der Waals surface area contributed by atoms with Gasteiger partial charge in [0.25, 0.3) is 5.91 Å². The molecule has 1 fully saturated rings. The van der Waals surface area contributed by atoms with Gasteiger partial charge in [0.05, 0.1) is 6.20 Å². The van der Waals surface area contributed by atoms with E-state index in [0.717, 1.165) is 12.1 Å². The summed E-state index contributed by atoms with van der Waals surface area (Å²) in [6, 6.07) is 2.56. The summed E-state index contributed by atoms with van der Waals surface area (Å²) in [6.45, 7) is 0.482. The fraction of sp³-hybridized carbons (Fsp3) is 0.294. The van der Waals surface area contributed by atoms with Crippen LogP contribution in [-0.2, 0) is 11.3 Å². The number of benzene rings is 1. The first kappa shape index (κ1) is 16.9. The maximum atomic E-state index is 13.8. The lowest BCUT2D eigenvalue weighted by Gasteiger charge is -2.32. The van der Waals surface area contributed by atoms with Crippen LogP contribution < -0.4 is 5.32 Å². The van der Waals surface area contributed by atoms with Gasteiger partial charge in [-0.1, -0.05) is 6.07 Å². The van der Waals surface area contributed by atoms with Gasteiger partial charge in [0.15, 0.2) is 0 Å². The van der Waals surface area contributed by atoms with E-state index in [0.29, 0.717) is 19.4 Å². The summed E-state index contributed by atoms with van der Waals surface area (Å²) in [6.07, 6.45) is 5.31. The Bertz CT molecular complexity index is 785. The van der Waals surface area contributed by atoms with E-state index >= 15 is 0 Å². The second kappa shape index (κ2) is 7.33. The number of nitrogens with one attached hydrogen (secondary N) is 1. The minimum atomic E-state index is -0.702. The van der Waals surface area contributed by atoms with E-state index in [1.165, 1.54) is 29.6 Å². The molecule has 8 heteroatoms. The minimum absolute atomic E-state index is 0.0302. The predicted octanol–water partition coefficient (Wildman–Crippen LogP) is 1.68. The van der Waals surface area contributed by atoms with Crippen molar-refractivity contribution in [2.75, 3.05) is 6.54 Å². The molecule has 1 aliphatic rings. The zero-order valence-electron chi connectivity index (χ0n) is 13.3. The van der Waals surface area contributed by atoms with Gasteiger partial charge in [0.1, 0.15) is 23.4 Å². The number of nitrogens with zero attached hydrogens (tertiary/aromatic N) is 3. The average molecular weight is 346 g/mol. The molecule has 2 aromatic rings. The summed E-state index contributed by atoms with van der Waals surface area (Å²) in [4.78, 5) is 33.8. The fourth-order valence-electron chi connectivity index (χ4n) is 2.74. The van der Waals surface area contributed by atoms with E-state index in [1.807, 2.05) is 0 Å². The van der Waals surface area contributed by atoms with Crippen LogP contribution in [0.5, 0.6) is 0 Å². The molecule has 1 aromatic carbocycles. The van der Waals surface area contributed by atoms with Gasteiger partial charge in [-0.15, -0.1) is 0 Å². The minimum Gasteiger partial charge on any atom is -0.339 e. The van der Waals surface area contributed by atoms with Gasteiger partial charge in [-0.3, -0.25) is 14.6 Å². The molecule has 1 aromatic heterocycles. The number of amides is 2. The molecule has 1 unspecified atom stereocenters. The molecule has 0 bridgehead atoms. The van der Waals surface area contributed by atoms with Crippen LogP contribution in [-0.4, -0.2) is 39.3 Å². The molecule has 2 heterocycles. The normalized spacial score (nSPS) is 17.4. The number of carbonyl (C=O) groups excluding carboxylic acids is 2. The van der Waals surface area contributed by atoms with Gasteiger partial charge in [0.2, 0.25) is 5.91 Å². The number of halogens is 2. The van der Waals surface area contributed by atoms with Gasteiger partial charge in [0, 0.05) is 37.1 Å². The van der Waals surface area contributed by atoms with E-state index in [2.05, 4.69) is 15.3 Å². The molecule has 0 saturated carbocycles. The standard InChI is InChI=1S/C17H16F2N4O2/c18-12-4-3-11(13(19)8-12)10-23-7-1-2-14(17(23)25)22-16(24)15-9-20-5-6-21-15/h3-6,8-9,14H,1-2,7,10H2,(H,22,24). The van der Waals surface area contributed by atoms with E-state index in [9.17, 15) is 18.4 Å². The van der Waals surface area contributed by atoms with Crippen LogP contribution in [0.25, 0.3) is 0 Å². The van der Waals surface area contributed by atoms with Crippen molar-refractivity contribution in [1.82, 2.24) is 20.2 Å². The summed E-state index contributed by atoms with van der Waals surface area (Å²) in [7, 11) is 0. The fourth-order valence-corrected chi connectivity index (χ4v) is 2.74. The zero-order chi connectivity index (χ0) is 17.8. The highest BCUT2D eigenvalue weighted by Gasteiger charge is 2.30. The molecule has 2 amide bonds. The van der Waals surface area contributed by atoms with Crippen molar-refractivity contribution in [2.45, 2.75) is 25.4 Å². The summed E-state index contributed by atoms with van der Waals surface area (Å²) in [5.74, 6) is -2.15. The van der Waals surface area contributed by atoms with Gasteiger partial charge in [-0.25, -0.2) is 13.8 Å². The Labute approximate surface area is 142 Å². The second-order valence-electron chi connectivity index (χ2n) is 5.75. The highest BCUT2D eigenvalue weighted by atomic mass is 19.1. The first-order chi connectivity index (χ1) is 12.0. The maximum Gasteiger partial charge on any atom is 0.272 e. The number of carbonyl (C=O) groups is 2. The van der Waals surface area contributed by atoms with Crippen molar-refractivity contribution < 1.29 is 18.4 Å². The van der Waals surface area contributed by atoms with Crippen molar-refractivity contribution in [2.24, 2.45) is 0 Å². The molecule has 0 radical (unpaired) electrons. The van der Waals surface area contributed by atoms with Crippen molar-refractivity contribution in [3.05, 3.63) is 59.7 Å². The Morgan fingerprint density at radius 2 is 2.16 bits per heavy atom. The first-order valence-corrected chi connectivity index (χ1v) is 7.84. The molecular weight excluding hydrogens is 330 g/mol. The quantitative estimate of drug-likeness (QED) is 0.914. The van der Waals surface area contributed by atoms with E-state index in [4.69, 9.17) is 0 Å². The highest BCUT2D eigenvalue weighted by Crippen LogP contribution is 2.18. The Balaban J connectivity index is 1.67. The van der Waals surface area contributed by atoms with E-state index < -0.39 is 23.6 Å². The Kier molecular flexibility index (Phi) is 4.97. The van der Waals surface area contributed by atoms with Gasteiger partial charge in [-0.05, 0) is 18.9 Å². The number of hydrogen-bond acceptors (Lipinski definition) is 4.